The molecule has 23 heavy (non-hydrogen) atoms. The summed E-state index contributed by atoms with van der Waals surface area (Å²) in [5, 5.41) is 8.70. The number of anilines is 1. The smallest absolute Gasteiger partial charge is 0.137 e. The van der Waals surface area contributed by atoms with E-state index in [4.69, 9.17) is 0 Å². The van der Waals surface area contributed by atoms with Gasteiger partial charge in [0.1, 0.15) is 5.65 Å². The van der Waals surface area contributed by atoms with Crippen LogP contribution in [0.5, 0.6) is 0 Å². The molecule has 114 valence electrons. The number of thiophene rings is 1. The molecule has 0 amide bonds. The molecule has 0 aliphatic carbocycles. The van der Waals surface area contributed by atoms with E-state index in [1.165, 1.54) is 27.6 Å². The Morgan fingerprint density at radius 2 is 1.87 bits per heavy atom. The maximum Gasteiger partial charge on any atom is 0.137 e. The quantitative estimate of drug-likeness (QED) is 0.537. The lowest BCUT2D eigenvalue weighted by Crippen LogP contribution is -1.87. The van der Waals surface area contributed by atoms with E-state index < -0.39 is 0 Å². The van der Waals surface area contributed by atoms with Crippen LogP contribution in [0.15, 0.2) is 53.5 Å². The zero-order valence-electron chi connectivity index (χ0n) is 13.1. The molecule has 0 atom stereocenters. The van der Waals surface area contributed by atoms with Crippen molar-refractivity contribution in [3.05, 3.63) is 59.0 Å². The van der Waals surface area contributed by atoms with E-state index >= 15 is 0 Å². The van der Waals surface area contributed by atoms with Gasteiger partial charge < -0.3 is 10.3 Å². The molecule has 4 heteroatoms. The van der Waals surface area contributed by atoms with Crippen molar-refractivity contribution in [1.29, 1.82) is 0 Å². The molecule has 0 spiro atoms. The SMILES string of the molecule is CNc1ccc(-c2cnc3[nH]cc(-c4cscc4C)c3c2)cc1. The Balaban J connectivity index is 1.85. The lowest BCUT2D eigenvalue weighted by molar-refractivity contribution is 1.32. The van der Waals surface area contributed by atoms with E-state index in [2.05, 4.69) is 69.5 Å². The van der Waals surface area contributed by atoms with Gasteiger partial charge in [-0.15, -0.1) is 0 Å². The van der Waals surface area contributed by atoms with Crippen LogP contribution in [0, 0.1) is 6.92 Å². The highest BCUT2D eigenvalue weighted by Crippen LogP contribution is 2.34. The Hall–Kier alpha value is -2.59. The van der Waals surface area contributed by atoms with Crippen LogP contribution in [0.1, 0.15) is 5.56 Å². The maximum absolute atomic E-state index is 4.59. The Kier molecular flexibility index (Phi) is 3.39. The van der Waals surface area contributed by atoms with Crippen molar-refractivity contribution in [2.24, 2.45) is 0 Å². The summed E-state index contributed by atoms with van der Waals surface area (Å²) in [5.41, 5.74) is 8.16. The first-order chi connectivity index (χ1) is 11.3. The predicted octanol–water partition coefficient (Wildman–Crippen LogP) is 5.31. The number of aromatic amines is 1. The summed E-state index contributed by atoms with van der Waals surface area (Å²) < 4.78 is 0. The molecule has 4 rings (SSSR count). The number of hydrogen-bond donors (Lipinski definition) is 2. The van der Waals surface area contributed by atoms with Gasteiger partial charge in [0, 0.05) is 41.6 Å². The molecule has 4 aromatic rings. The van der Waals surface area contributed by atoms with Crippen molar-refractivity contribution in [3.8, 4) is 22.3 Å². The molecule has 3 heterocycles. The largest absolute Gasteiger partial charge is 0.388 e. The van der Waals surface area contributed by atoms with E-state index in [1.807, 2.05) is 13.2 Å². The number of fused-ring (bicyclic) bond motifs is 1. The van der Waals surface area contributed by atoms with Crippen LogP contribution in [-0.4, -0.2) is 17.0 Å². The number of aryl methyl sites for hydroxylation is 1. The highest BCUT2D eigenvalue weighted by atomic mass is 32.1. The van der Waals surface area contributed by atoms with E-state index in [9.17, 15) is 0 Å². The second-order valence-electron chi connectivity index (χ2n) is 5.62. The summed E-state index contributed by atoms with van der Waals surface area (Å²) in [6.07, 6.45) is 3.98. The van der Waals surface area contributed by atoms with Gasteiger partial charge >= 0.3 is 0 Å². The van der Waals surface area contributed by atoms with Gasteiger partial charge in [-0.25, -0.2) is 4.98 Å². The molecule has 0 unspecified atom stereocenters. The van der Waals surface area contributed by atoms with Gasteiger partial charge in [-0.2, -0.15) is 11.3 Å². The molecule has 1 aromatic carbocycles. The summed E-state index contributed by atoms with van der Waals surface area (Å²) in [7, 11) is 1.93. The van der Waals surface area contributed by atoms with Crippen molar-refractivity contribution < 1.29 is 0 Å². The Morgan fingerprint density at radius 1 is 1.04 bits per heavy atom. The second-order valence-corrected chi connectivity index (χ2v) is 6.36. The summed E-state index contributed by atoms with van der Waals surface area (Å²) in [6, 6.07) is 10.6. The fraction of sp³-hybridized carbons (Fsp3) is 0.105. The van der Waals surface area contributed by atoms with Crippen LogP contribution in [0.25, 0.3) is 33.3 Å². The van der Waals surface area contributed by atoms with Crippen molar-refractivity contribution in [3.63, 3.8) is 0 Å². The van der Waals surface area contributed by atoms with E-state index in [1.54, 1.807) is 11.3 Å². The summed E-state index contributed by atoms with van der Waals surface area (Å²) >= 11 is 1.74. The Bertz CT molecular complexity index is 964. The number of H-pyrrole nitrogens is 1. The monoisotopic (exact) mass is 319 g/mol. The fourth-order valence-corrected chi connectivity index (χ4v) is 3.70. The fourth-order valence-electron chi connectivity index (χ4n) is 2.85. The molecular formula is C19H17N3S. The first-order valence-corrected chi connectivity index (χ1v) is 8.49. The van der Waals surface area contributed by atoms with Crippen molar-refractivity contribution >= 4 is 28.1 Å². The average Bonchev–Trinajstić information content (AvgIpc) is 3.20. The minimum atomic E-state index is 0.932. The molecular weight excluding hydrogens is 302 g/mol. The number of nitrogens with one attached hydrogen (secondary N) is 2. The van der Waals surface area contributed by atoms with Gasteiger partial charge in [-0.3, -0.25) is 0 Å². The van der Waals surface area contributed by atoms with Gasteiger partial charge in [0.2, 0.25) is 0 Å². The lowest BCUT2D eigenvalue weighted by Gasteiger charge is -2.05. The minimum absolute atomic E-state index is 0.932. The van der Waals surface area contributed by atoms with Gasteiger partial charge in [0.05, 0.1) is 0 Å². The van der Waals surface area contributed by atoms with Crippen LogP contribution in [-0.2, 0) is 0 Å². The third kappa shape index (κ3) is 2.41. The standard InChI is InChI=1S/C19H17N3S/c1-12-10-23-11-18(12)17-9-22-19-16(17)7-14(8-21-19)13-3-5-15(20-2)6-4-13/h3-11,20H,1-2H3,(H,21,22). The second kappa shape index (κ2) is 5.56. The predicted molar refractivity (Wildman–Crippen MR) is 99.1 cm³/mol. The van der Waals surface area contributed by atoms with E-state index in [-0.39, 0.29) is 0 Å². The van der Waals surface area contributed by atoms with Crippen LogP contribution in [0.2, 0.25) is 0 Å². The van der Waals surface area contributed by atoms with Gasteiger partial charge in [-0.05, 0) is 52.6 Å². The molecule has 0 saturated carbocycles. The zero-order chi connectivity index (χ0) is 15.8. The maximum atomic E-state index is 4.59. The van der Waals surface area contributed by atoms with Crippen LogP contribution < -0.4 is 5.32 Å². The van der Waals surface area contributed by atoms with Gasteiger partial charge in [0.25, 0.3) is 0 Å². The molecule has 0 saturated heterocycles. The van der Waals surface area contributed by atoms with Crippen LogP contribution in [0.3, 0.4) is 0 Å². The Labute approximate surface area is 139 Å². The molecule has 3 aromatic heterocycles. The molecule has 2 N–H and O–H groups in total. The summed E-state index contributed by atoms with van der Waals surface area (Å²) in [5.74, 6) is 0. The molecule has 0 aliphatic heterocycles. The molecule has 0 fully saturated rings. The highest BCUT2D eigenvalue weighted by Gasteiger charge is 2.11. The number of aromatic nitrogens is 2. The van der Waals surface area contributed by atoms with Crippen molar-refractivity contribution in [2.75, 3.05) is 12.4 Å². The Morgan fingerprint density at radius 3 is 2.57 bits per heavy atom. The third-order valence-corrected chi connectivity index (χ3v) is 5.05. The number of pyridine rings is 1. The number of rotatable bonds is 3. The molecule has 3 nitrogen and oxygen atoms in total. The zero-order valence-corrected chi connectivity index (χ0v) is 13.9. The first kappa shape index (κ1) is 14.0. The van der Waals surface area contributed by atoms with Crippen LogP contribution in [0.4, 0.5) is 5.69 Å². The van der Waals surface area contributed by atoms with Crippen molar-refractivity contribution in [2.45, 2.75) is 6.92 Å². The third-order valence-electron chi connectivity index (χ3n) is 4.18. The normalized spacial score (nSPS) is 11.0. The van der Waals surface area contributed by atoms with Gasteiger partial charge in [0.15, 0.2) is 0 Å². The van der Waals surface area contributed by atoms with E-state index in [0.29, 0.717) is 0 Å². The summed E-state index contributed by atoms with van der Waals surface area (Å²) in [6.45, 7) is 2.15. The van der Waals surface area contributed by atoms with Crippen molar-refractivity contribution in [1.82, 2.24) is 9.97 Å². The minimum Gasteiger partial charge on any atom is -0.388 e. The summed E-state index contributed by atoms with van der Waals surface area (Å²) in [4.78, 5) is 7.88. The molecule has 0 aliphatic rings. The molecule has 0 radical (unpaired) electrons. The topological polar surface area (TPSA) is 40.7 Å². The molecule has 0 bridgehead atoms. The first-order valence-electron chi connectivity index (χ1n) is 7.55. The average molecular weight is 319 g/mol. The number of hydrogen-bond acceptors (Lipinski definition) is 3. The van der Waals surface area contributed by atoms with E-state index in [0.717, 1.165) is 16.9 Å². The van der Waals surface area contributed by atoms with Gasteiger partial charge in [-0.1, -0.05) is 12.1 Å². The van der Waals surface area contributed by atoms with Crippen LogP contribution >= 0.6 is 11.3 Å². The number of nitrogens with zero attached hydrogens (tertiary/aromatic N) is 1. The number of benzene rings is 1. The lowest BCUT2D eigenvalue weighted by atomic mass is 10.0. The highest BCUT2D eigenvalue weighted by molar-refractivity contribution is 7.08.